The van der Waals surface area contributed by atoms with E-state index in [-0.39, 0.29) is 12.4 Å². The van der Waals surface area contributed by atoms with Gasteiger partial charge in [-0.15, -0.1) is 0 Å². The molecule has 0 aliphatic carbocycles. The van der Waals surface area contributed by atoms with E-state index in [1.54, 1.807) is 37.3 Å². The minimum atomic E-state index is -0.333. The second-order valence-corrected chi connectivity index (χ2v) is 4.29. The summed E-state index contributed by atoms with van der Waals surface area (Å²) >= 11 is 5.94. The molecule has 4 heteroatoms. The Morgan fingerprint density at radius 3 is 2.72 bits per heavy atom. The first-order valence-electron chi connectivity index (χ1n) is 5.44. The fourth-order valence-electron chi connectivity index (χ4n) is 1.55. The molecular formula is C14H12ClFO2. The number of aliphatic hydroxyl groups excluding tert-OH is 1. The van der Waals surface area contributed by atoms with Gasteiger partial charge in [-0.2, -0.15) is 0 Å². The van der Waals surface area contributed by atoms with Gasteiger partial charge >= 0.3 is 0 Å². The summed E-state index contributed by atoms with van der Waals surface area (Å²) in [4.78, 5) is 0. The Hall–Kier alpha value is -1.58. The summed E-state index contributed by atoms with van der Waals surface area (Å²) in [6.45, 7) is 1.45. The van der Waals surface area contributed by atoms with Crippen molar-refractivity contribution >= 4 is 11.6 Å². The molecule has 2 nitrogen and oxygen atoms in total. The highest BCUT2D eigenvalue weighted by atomic mass is 35.5. The molecule has 0 bridgehead atoms. The van der Waals surface area contributed by atoms with Gasteiger partial charge in [-0.1, -0.05) is 23.7 Å². The number of rotatable bonds is 3. The Bertz CT molecular complexity index is 570. The number of hydrogen-bond donors (Lipinski definition) is 1. The summed E-state index contributed by atoms with van der Waals surface area (Å²) in [6.07, 6.45) is 0. The standard InChI is InChI=1S/C14H12ClFO2/c1-9-5-6-10(7-13(9)16)18-14-4-2-3-12(15)11(14)8-17/h2-7,17H,8H2,1H3. The van der Waals surface area contributed by atoms with Gasteiger partial charge in [-0.3, -0.25) is 0 Å². The number of halogens is 2. The van der Waals surface area contributed by atoms with Crippen molar-refractivity contribution in [2.24, 2.45) is 0 Å². The van der Waals surface area contributed by atoms with Gasteiger partial charge in [0.2, 0.25) is 0 Å². The van der Waals surface area contributed by atoms with Gasteiger partial charge in [-0.05, 0) is 30.7 Å². The highest BCUT2D eigenvalue weighted by Crippen LogP contribution is 2.30. The third-order valence-corrected chi connectivity index (χ3v) is 2.96. The molecule has 2 rings (SSSR count). The lowest BCUT2D eigenvalue weighted by atomic mass is 10.2. The molecule has 0 heterocycles. The molecule has 18 heavy (non-hydrogen) atoms. The fourth-order valence-corrected chi connectivity index (χ4v) is 1.78. The maximum Gasteiger partial charge on any atom is 0.134 e. The van der Waals surface area contributed by atoms with Crippen molar-refractivity contribution in [2.75, 3.05) is 0 Å². The van der Waals surface area contributed by atoms with Gasteiger partial charge in [0.1, 0.15) is 17.3 Å². The Labute approximate surface area is 110 Å². The lowest BCUT2D eigenvalue weighted by molar-refractivity contribution is 0.276. The van der Waals surface area contributed by atoms with Crippen LogP contribution in [0.25, 0.3) is 0 Å². The zero-order valence-electron chi connectivity index (χ0n) is 9.78. The van der Waals surface area contributed by atoms with Crippen LogP contribution < -0.4 is 4.74 Å². The summed E-state index contributed by atoms with van der Waals surface area (Å²) in [7, 11) is 0. The number of ether oxygens (including phenoxy) is 1. The minimum Gasteiger partial charge on any atom is -0.457 e. The first-order chi connectivity index (χ1) is 8.61. The molecular weight excluding hydrogens is 255 g/mol. The van der Waals surface area contributed by atoms with E-state index in [1.807, 2.05) is 0 Å². The van der Waals surface area contributed by atoms with Crippen LogP contribution in [0.5, 0.6) is 11.5 Å². The lowest BCUT2D eigenvalue weighted by Gasteiger charge is -2.11. The van der Waals surface area contributed by atoms with Crippen LogP contribution in [-0.2, 0) is 6.61 Å². The molecule has 2 aromatic carbocycles. The van der Waals surface area contributed by atoms with E-state index >= 15 is 0 Å². The molecule has 0 unspecified atom stereocenters. The summed E-state index contributed by atoms with van der Waals surface area (Å²) in [5.74, 6) is 0.461. The van der Waals surface area contributed by atoms with E-state index in [2.05, 4.69) is 0 Å². The quantitative estimate of drug-likeness (QED) is 0.907. The van der Waals surface area contributed by atoms with E-state index < -0.39 is 0 Å². The van der Waals surface area contributed by atoms with E-state index in [4.69, 9.17) is 16.3 Å². The second-order valence-electron chi connectivity index (χ2n) is 3.89. The second kappa shape index (κ2) is 5.38. The molecule has 2 aromatic rings. The van der Waals surface area contributed by atoms with Crippen molar-refractivity contribution in [1.29, 1.82) is 0 Å². The summed E-state index contributed by atoms with van der Waals surface area (Å²) in [6, 6.07) is 9.65. The van der Waals surface area contributed by atoms with Crippen LogP contribution in [0.15, 0.2) is 36.4 Å². The third-order valence-electron chi connectivity index (χ3n) is 2.61. The molecule has 94 valence electrons. The summed E-state index contributed by atoms with van der Waals surface area (Å²) in [5, 5.41) is 9.66. The van der Waals surface area contributed by atoms with Crippen LogP contribution in [0.2, 0.25) is 5.02 Å². The van der Waals surface area contributed by atoms with Gasteiger partial charge in [0.25, 0.3) is 0 Å². The maximum absolute atomic E-state index is 13.4. The molecule has 0 radical (unpaired) electrons. The zero-order valence-corrected chi connectivity index (χ0v) is 10.5. The van der Waals surface area contributed by atoms with Crippen molar-refractivity contribution in [3.05, 3.63) is 58.4 Å². The molecule has 0 atom stereocenters. The third kappa shape index (κ3) is 2.63. The highest BCUT2D eigenvalue weighted by molar-refractivity contribution is 6.31. The Balaban J connectivity index is 2.34. The van der Waals surface area contributed by atoms with Crippen LogP contribution >= 0.6 is 11.6 Å². The molecule has 0 aliphatic rings. The molecule has 0 aromatic heterocycles. The van der Waals surface area contributed by atoms with Crippen molar-refractivity contribution in [2.45, 2.75) is 13.5 Å². The Kier molecular flexibility index (Phi) is 3.84. The predicted octanol–water partition coefficient (Wildman–Crippen LogP) is 4.07. The van der Waals surface area contributed by atoms with Crippen molar-refractivity contribution in [3.8, 4) is 11.5 Å². The van der Waals surface area contributed by atoms with Crippen LogP contribution in [0, 0.1) is 12.7 Å². The predicted molar refractivity (Wildman–Crippen MR) is 68.6 cm³/mol. The number of aryl methyl sites for hydroxylation is 1. The normalized spacial score (nSPS) is 10.4. The SMILES string of the molecule is Cc1ccc(Oc2cccc(Cl)c2CO)cc1F. The molecule has 0 saturated carbocycles. The average Bonchev–Trinajstić information content (AvgIpc) is 2.34. The number of aliphatic hydroxyl groups is 1. The lowest BCUT2D eigenvalue weighted by Crippen LogP contribution is -1.93. The number of hydrogen-bond acceptors (Lipinski definition) is 2. The molecule has 0 saturated heterocycles. The largest absolute Gasteiger partial charge is 0.457 e. The maximum atomic E-state index is 13.4. The van der Waals surface area contributed by atoms with Gasteiger partial charge in [-0.25, -0.2) is 4.39 Å². The summed E-state index contributed by atoms with van der Waals surface area (Å²) < 4.78 is 18.9. The molecule has 0 aliphatic heterocycles. The van der Waals surface area contributed by atoms with Crippen LogP contribution in [0.1, 0.15) is 11.1 Å². The first-order valence-corrected chi connectivity index (χ1v) is 5.82. The van der Waals surface area contributed by atoms with Crippen LogP contribution in [0.3, 0.4) is 0 Å². The van der Waals surface area contributed by atoms with E-state index in [0.29, 0.717) is 27.6 Å². The number of benzene rings is 2. The smallest absolute Gasteiger partial charge is 0.134 e. The molecule has 0 fully saturated rings. The summed E-state index contributed by atoms with van der Waals surface area (Å²) in [5.41, 5.74) is 1.04. The van der Waals surface area contributed by atoms with Crippen LogP contribution in [-0.4, -0.2) is 5.11 Å². The highest BCUT2D eigenvalue weighted by Gasteiger charge is 2.09. The topological polar surface area (TPSA) is 29.5 Å². The molecule has 0 spiro atoms. The van der Waals surface area contributed by atoms with Gasteiger partial charge in [0, 0.05) is 16.7 Å². The van der Waals surface area contributed by atoms with E-state index in [9.17, 15) is 9.50 Å². The molecule has 0 amide bonds. The fraction of sp³-hybridized carbons (Fsp3) is 0.143. The average molecular weight is 267 g/mol. The molecule has 1 N–H and O–H groups in total. The van der Waals surface area contributed by atoms with E-state index in [0.717, 1.165) is 0 Å². The van der Waals surface area contributed by atoms with Crippen molar-refractivity contribution in [1.82, 2.24) is 0 Å². The Morgan fingerprint density at radius 1 is 1.28 bits per heavy atom. The van der Waals surface area contributed by atoms with Gasteiger partial charge in [0.15, 0.2) is 0 Å². The van der Waals surface area contributed by atoms with Crippen molar-refractivity contribution in [3.63, 3.8) is 0 Å². The Morgan fingerprint density at radius 2 is 2.06 bits per heavy atom. The minimum absolute atomic E-state index is 0.233. The zero-order chi connectivity index (χ0) is 13.1. The van der Waals surface area contributed by atoms with Gasteiger partial charge < -0.3 is 9.84 Å². The van der Waals surface area contributed by atoms with Crippen molar-refractivity contribution < 1.29 is 14.2 Å². The first kappa shape index (κ1) is 12.9. The van der Waals surface area contributed by atoms with Gasteiger partial charge in [0.05, 0.1) is 6.61 Å². The van der Waals surface area contributed by atoms with E-state index in [1.165, 1.54) is 6.07 Å². The van der Waals surface area contributed by atoms with Crippen LogP contribution in [0.4, 0.5) is 4.39 Å². The monoisotopic (exact) mass is 266 g/mol.